The Balaban J connectivity index is 1.54. The third kappa shape index (κ3) is 3.96. The first-order chi connectivity index (χ1) is 14.6. The Morgan fingerprint density at radius 1 is 1.27 bits per heavy atom. The molecular formula is C20H21N5O4S. The second kappa shape index (κ2) is 8.72. The number of carbonyl (C=O) groups excluding carboxylic acids is 3. The molecule has 9 nitrogen and oxygen atoms in total. The summed E-state index contributed by atoms with van der Waals surface area (Å²) in [6.45, 7) is 0.728. The van der Waals surface area contributed by atoms with Gasteiger partial charge in [-0.3, -0.25) is 14.4 Å². The maximum Gasteiger partial charge on any atom is 0.298 e. The maximum absolute atomic E-state index is 12.8. The smallest absolute Gasteiger partial charge is 0.298 e. The van der Waals surface area contributed by atoms with Crippen LogP contribution in [0.4, 0.5) is 5.82 Å². The largest absolute Gasteiger partial charge is 0.383 e. The highest BCUT2D eigenvalue weighted by Crippen LogP contribution is 2.34. The van der Waals surface area contributed by atoms with E-state index in [0.29, 0.717) is 41.4 Å². The molecule has 30 heavy (non-hydrogen) atoms. The van der Waals surface area contributed by atoms with Gasteiger partial charge in [-0.25, -0.2) is 4.68 Å². The number of thioether (sulfide) groups is 1. The molecule has 1 aliphatic rings. The molecule has 0 saturated carbocycles. The fourth-order valence-corrected chi connectivity index (χ4v) is 4.39. The Bertz CT molecular complexity index is 1120. The summed E-state index contributed by atoms with van der Waals surface area (Å²) in [7, 11) is 1.56. The first-order valence-corrected chi connectivity index (χ1v) is 10.6. The molecule has 4 rings (SSSR count). The number of H-pyrrole nitrogens is 1. The van der Waals surface area contributed by atoms with E-state index in [2.05, 4.69) is 20.7 Å². The molecule has 0 radical (unpaired) electrons. The van der Waals surface area contributed by atoms with Crippen LogP contribution < -0.4 is 10.6 Å². The van der Waals surface area contributed by atoms with Crippen molar-refractivity contribution in [1.82, 2.24) is 20.1 Å². The highest BCUT2D eigenvalue weighted by molar-refractivity contribution is 7.98. The normalized spacial score (nSPS) is 12.7. The van der Waals surface area contributed by atoms with Gasteiger partial charge in [0.25, 0.3) is 11.7 Å². The number of aromatic nitrogens is 3. The predicted molar refractivity (Wildman–Crippen MR) is 113 cm³/mol. The van der Waals surface area contributed by atoms with Crippen LogP contribution in [-0.4, -0.2) is 52.6 Å². The number of benzene rings is 1. The van der Waals surface area contributed by atoms with Gasteiger partial charge in [0.15, 0.2) is 0 Å². The SMILES string of the molecule is COCCNC(=O)Cn1nc2c(c1NC(=O)C(=O)c1c[nH]c3ccccc13)CSC2. The zero-order valence-corrected chi connectivity index (χ0v) is 17.2. The molecule has 3 N–H and O–H groups in total. The van der Waals surface area contributed by atoms with Gasteiger partial charge in [0, 0.05) is 47.8 Å². The number of anilines is 1. The summed E-state index contributed by atoms with van der Waals surface area (Å²) in [6, 6.07) is 7.29. The van der Waals surface area contributed by atoms with E-state index in [1.165, 1.54) is 10.9 Å². The van der Waals surface area contributed by atoms with Gasteiger partial charge in [0.1, 0.15) is 12.4 Å². The van der Waals surface area contributed by atoms with Gasteiger partial charge in [-0.2, -0.15) is 16.9 Å². The third-order valence-corrected chi connectivity index (χ3v) is 5.78. The van der Waals surface area contributed by atoms with Gasteiger partial charge < -0.3 is 20.4 Å². The molecule has 0 aliphatic carbocycles. The van der Waals surface area contributed by atoms with Gasteiger partial charge in [-0.15, -0.1) is 0 Å². The van der Waals surface area contributed by atoms with E-state index in [1.807, 2.05) is 18.2 Å². The molecule has 10 heteroatoms. The second-order valence-electron chi connectivity index (χ2n) is 6.80. The molecule has 3 heterocycles. The van der Waals surface area contributed by atoms with Crippen LogP contribution in [0.15, 0.2) is 30.5 Å². The molecule has 156 valence electrons. The van der Waals surface area contributed by atoms with Crippen molar-refractivity contribution < 1.29 is 19.1 Å². The number of fused-ring (bicyclic) bond motifs is 2. The fourth-order valence-electron chi connectivity index (χ4n) is 3.35. The number of methoxy groups -OCH3 is 1. The van der Waals surface area contributed by atoms with Crippen molar-refractivity contribution in [3.05, 3.63) is 47.3 Å². The number of para-hydroxylation sites is 1. The number of amides is 2. The lowest BCUT2D eigenvalue weighted by Crippen LogP contribution is -2.32. The van der Waals surface area contributed by atoms with Crippen LogP contribution >= 0.6 is 11.8 Å². The number of hydrogen-bond acceptors (Lipinski definition) is 6. The third-order valence-electron chi connectivity index (χ3n) is 4.81. The van der Waals surface area contributed by atoms with Gasteiger partial charge >= 0.3 is 0 Å². The Morgan fingerprint density at radius 2 is 2.10 bits per heavy atom. The monoisotopic (exact) mass is 427 g/mol. The number of carbonyl (C=O) groups is 3. The lowest BCUT2D eigenvalue weighted by molar-refractivity contribution is -0.122. The molecule has 2 aromatic heterocycles. The summed E-state index contributed by atoms with van der Waals surface area (Å²) in [5.41, 5.74) is 2.76. The molecule has 0 atom stereocenters. The first-order valence-electron chi connectivity index (χ1n) is 9.42. The standard InChI is InChI=1S/C20H21N5O4S/c1-29-7-6-21-17(26)9-25-19(14-10-30-11-16(14)24-25)23-20(28)18(27)13-8-22-15-5-3-2-4-12(13)15/h2-5,8,22H,6-7,9-11H2,1H3,(H,21,26)(H,23,28). The number of nitrogens with zero attached hydrogens (tertiary/aromatic N) is 2. The van der Waals surface area contributed by atoms with Crippen molar-refractivity contribution in [2.75, 3.05) is 25.6 Å². The van der Waals surface area contributed by atoms with Crippen LogP contribution in [0.2, 0.25) is 0 Å². The highest BCUT2D eigenvalue weighted by Gasteiger charge is 2.27. The van der Waals surface area contributed by atoms with Crippen LogP contribution in [0.5, 0.6) is 0 Å². The molecule has 0 spiro atoms. The van der Waals surface area contributed by atoms with Crippen molar-refractivity contribution in [3.63, 3.8) is 0 Å². The molecule has 0 bridgehead atoms. The predicted octanol–water partition coefficient (Wildman–Crippen LogP) is 1.70. The van der Waals surface area contributed by atoms with Gasteiger partial charge in [-0.05, 0) is 6.07 Å². The van der Waals surface area contributed by atoms with Crippen LogP contribution in [-0.2, 0) is 32.4 Å². The highest BCUT2D eigenvalue weighted by atomic mass is 32.2. The van der Waals surface area contributed by atoms with Gasteiger partial charge in [0.2, 0.25) is 5.91 Å². The van der Waals surface area contributed by atoms with Crippen LogP contribution in [0.3, 0.4) is 0 Å². The fraction of sp³-hybridized carbons (Fsp3) is 0.300. The Kier molecular flexibility index (Phi) is 5.86. The maximum atomic E-state index is 12.8. The summed E-state index contributed by atoms with van der Waals surface area (Å²) in [5.74, 6) is 0.101. The lowest BCUT2D eigenvalue weighted by atomic mass is 10.1. The quantitative estimate of drug-likeness (QED) is 0.286. The van der Waals surface area contributed by atoms with Crippen molar-refractivity contribution >= 4 is 46.1 Å². The van der Waals surface area contributed by atoms with Crippen LogP contribution in [0, 0.1) is 0 Å². The number of Topliss-reactive ketones (excluding diaryl/α,β-unsaturated/α-hetero) is 1. The molecule has 1 aliphatic heterocycles. The molecule has 2 amide bonds. The van der Waals surface area contributed by atoms with Crippen molar-refractivity contribution in [1.29, 1.82) is 0 Å². The minimum Gasteiger partial charge on any atom is -0.383 e. The van der Waals surface area contributed by atoms with Crippen LogP contribution in [0.1, 0.15) is 21.6 Å². The molecule has 0 fully saturated rings. The number of rotatable bonds is 8. The van der Waals surface area contributed by atoms with E-state index in [4.69, 9.17) is 4.74 Å². The number of aromatic amines is 1. The molecule has 0 saturated heterocycles. The molecule has 1 aromatic carbocycles. The Labute approximate surface area is 176 Å². The number of hydrogen-bond donors (Lipinski definition) is 3. The van der Waals surface area contributed by atoms with Crippen molar-refractivity contribution in [2.24, 2.45) is 0 Å². The number of nitrogens with one attached hydrogen (secondary N) is 3. The molecule has 3 aromatic rings. The zero-order valence-electron chi connectivity index (χ0n) is 16.4. The van der Waals surface area contributed by atoms with Gasteiger partial charge in [0.05, 0.1) is 17.9 Å². The average Bonchev–Trinajstić information content (AvgIpc) is 3.44. The summed E-state index contributed by atoms with van der Waals surface area (Å²) in [5, 5.41) is 10.6. The Morgan fingerprint density at radius 3 is 2.93 bits per heavy atom. The Hall–Kier alpha value is -3.11. The summed E-state index contributed by atoms with van der Waals surface area (Å²) < 4.78 is 6.38. The first kappa shape index (κ1) is 20.2. The summed E-state index contributed by atoms with van der Waals surface area (Å²) >= 11 is 1.67. The topological polar surface area (TPSA) is 118 Å². The van der Waals surface area contributed by atoms with E-state index in [9.17, 15) is 14.4 Å². The number of ether oxygens (including phenoxy) is 1. The van der Waals surface area contributed by atoms with E-state index in [-0.39, 0.29) is 12.5 Å². The van der Waals surface area contributed by atoms with E-state index in [0.717, 1.165) is 16.8 Å². The van der Waals surface area contributed by atoms with Crippen molar-refractivity contribution in [2.45, 2.75) is 18.1 Å². The van der Waals surface area contributed by atoms with E-state index in [1.54, 1.807) is 24.9 Å². The molecule has 0 unspecified atom stereocenters. The average molecular weight is 427 g/mol. The molecular weight excluding hydrogens is 406 g/mol. The van der Waals surface area contributed by atoms with Crippen LogP contribution in [0.25, 0.3) is 10.9 Å². The van der Waals surface area contributed by atoms with Crippen molar-refractivity contribution in [3.8, 4) is 0 Å². The number of ketones is 1. The summed E-state index contributed by atoms with van der Waals surface area (Å²) in [4.78, 5) is 40.8. The minimum absolute atomic E-state index is 0.0573. The second-order valence-corrected chi connectivity index (χ2v) is 7.78. The minimum atomic E-state index is -0.764. The van der Waals surface area contributed by atoms with E-state index < -0.39 is 11.7 Å². The van der Waals surface area contributed by atoms with Gasteiger partial charge in [-0.1, -0.05) is 18.2 Å². The lowest BCUT2D eigenvalue weighted by Gasteiger charge is -2.11. The summed E-state index contributed by atoms with van der Waals surface area (Å²) in [6.07, 6.45) is 1.54. The van der Waals surface area contributed by atoms with E-state index >= 15 is 0 Å². The zero-order chi connectivity index (χ0) is 21.1.